The first kappa shape index (κ1) is 33.4. The number of phenolic OH excluding ortho intramolecular Hbond substituents is 1. The molecular formula is C30H31ClN6O10. The molecular weight excluding hydrogens is 640 g/mol. The number of aliphatic hydroxyl groups is 1. The Hall–Kier alpha value is -4.93. The number of primary amides is 1. The number of benzene rings is 2. The molecule has 6 N–H and O–H groups in total. The van der Waals surface area contributed by atoms with Crippen molar-refractivity contribution in [2.75, 3.05) is 43.7 Å². The molecule has 0 heterocycles. The molecule has 0 aromatic heterocycles. The van der Waals surface area contributed by atoms with Crippen LogP contribution in [0.15, 0.2) is 24.3 Å². The minimum atomic E-state index is -2.89. The number of rotatable bonds is 6. The molecule has 2 aromatic rings. The van der Waals surface area contributed by atoms with Gasteiger partial charge in [-0.05, 0) is 56.6 Å². The highest BCUT2D eigenvalue weighted by atomic mass is 35.5. The summed E-state index contributed by atoms with van der Waals surface area (Å²) in [5.74, 6) is -12.3. The largest absolute Gasteiger partial charge is 0.505 e. The first-order chi connectivity index (χ1) is 21.9. The number of nitrogens with one attached hydrogen (secondary N) is 2. The smallest absolute Gasteiger partial charge is 0.323 e. The van der Waals surface area contributed by atoms with Gasteiger partial charge in [0.2, 0.25) is 5.91 Å². The van der Waals surface area contributed by atoms with Crippen LogP contribution in [0, 0.1) is 33.8 Å². The minimum absolute atomic E-state index is 0.0103. The summed E-state index contributed by atoms with van der Waals surface area (Å²) in [7, 11) is 6.26. The zero-order valence-electron chi connectivity index (χ0n) is 25.6. The highest BCUT2D eigenvalue weighted by molar-refractivity contribution is 6.33. The zero-order valence-corrected chi connectivity index (χ0v) is 26.3. The van der Waals surface area contributed by atoms with Crippen molar-refractivity contribution < 1.29 is 43.9 Å². The Balaban J connectivity index is 1.56. The number of halogens is 1. The Bertz CT molecular complexity index is 1790. The summed E-state index contributed by atoms with van der Waals surface area (Å²) in [5.41, 5.74) is 1.83. The van der Waals surface area contributed by atoms with Gasteiger partial charge in [-0.1, -0.05) is 11.6 Å². The molecule has 3 amide bonds. The van der Waals surface area contributed by atoms with E-state index in [0.29, 0.717) is 11.3 Å². The maximum Gasteiger partial charge on any atom is 0.323 e. The molecule has 0 spiro atoms. The van der Waals surface area contributed by atoms with Crippen LogP contribution in [0.25, 0.3) is 0 Å². The molecule has 2 saturated carbocycles. The lowest BCUT2D eigenvalue weighted by Gasteiger charge is -2.52. The fraction of sp³-hybridized carbons (Fsp3) is 0.400. The van der Waals surface area contributed by atoms with Gasteiger partial charge in [0, 0.05) is 36.8 Å². The molecule has 2 fully saturated rings. The topological polar surface area (TPSA) is 243 Å². The van der Waals surface area contributed by atoms with E-state index in [0.717, 1.165) is 6.07 Å². The van der Waals surface area contributed by atoms with E-state index >= 15 is 0 Å². The van der Waals surface area contributed by atoms with Gasteiger partial charge in [0.05, 0.1) is 28.1 Å². The number of hydrogen-bond acceptors (Lipinski definition) is 12. The van der Waals surface area contributed by atoms with E-state index in [4.69, 9.17) is 17.3 Å². The van der Waals surface area contributed by atoms with Crippen LogP contribution in [0.2, 0.25) is 5.02 Å². The van der Waals surface area contributed by atoms with Crippen LogP contribution in [0.1, 0.15) is 22.3 Å². The minimum Gasteiger partial charge on any atom is -0.505 e. The molecule has 248 valence electrons. The Morgan fingerprint density at radius 2 is 1.70 bits per heavy atom. The van der Waals surface area contributed by atoms with Crippen LogP contribution < -0.4 is 21.3 Å². The molecule has 17 heteroatoms. The predicted octanol–water partition coefficient (Wildman–Crippen LogP) is 1.14. The van der Waals surface area contributed by atoms with E-state index in [-0.39, 0.29) is 34.8 Å². The molecule has 3 aliphatic carbocycles. The number of carbonyl (C=O) groups is 6. The third kappa shape index (κ3) is 5.17. The van der Waals surface area contributed by atoms with E-state index in [9.17, 15) is 49.1 Å². The van der Waals surface area contributed by atoms with Crippen molar-refractivity contribution in [1.29, 1.82) is 0 Å². The number of aromatic hydroxyl groups is 1. The van der Waals surface area contributed by atoms with Crippen LogP contribution >= 0.6 is 11.6 Å². The van der Waals surface area contributed by atoms with Crippen molar-refractivity contribution in [2.45, 2.75) is 24.5 Å². The third-order valence-electron chi connectivity index (χ3n) is 9.17. The lowest BCUT2D eigenvalue weighted by atomic mass is 9.52. The summed E-state index contributed by atoms with van der Waals surface area (Å²) in [4.78, 5) is 93.8. The number of nitro benzene ring substituents is 1. The summed E-state index contributed by atoms with van der Waals surface area (Å²) in [6.45, 7) is 0. The average molecular weight is 671 g/mol. The number of nitrogens with two attached hydrogens (primary N) is 1. The van der Waals surface area contributed by atoms with Gasteiger partial charge in [0.1, 0.15) is 11.4 Å². The molecule has 5 rings (SSSR count). The average Bonchev–Trinajstić information content (AvgIpc) is 2.96. The number of Topliss-reactive ketones (excluding diaryl/α,β-unsaturated/α-hetero) is 4. The summed E-state index contributed by atoms with van der Waals surface area (Å²) in [6.07, 6.45) is -0.115. The first-order valence-electron chi connectivity index (χ1n) is 14.3. The summed E-state index contributed by atoms with van der Waals surface area (Å²) in [6, 6.07) is 2.68. The predicted molar refractivity (Wildman–Crippen MR) is 166 cm³/mol. The van der Waals surface area contributed by atoms with Crippen molar-refractivity contribution in [3.63, 3.8) is 0 Å². The van der Waals surface area contributed by atoms with Crippen molar-refractivity contribution >= 4 is 69.4 Å². The quantitative estimate of drug-likeness (QED) is 0.126. The fourth-order valence-electron chi connectivity index (χ4n) is 7.18. The van der Waals surface area contributed by atoms with Crippen molar-refractivity contribution in [3.05, 3.63) is 50.5 Å². The Kier molecular flexibility index (Phi) is 8.32. The normalized spacial score (nSPS) is 26.7. The monoisotopic (exact) mass is 670 g/mol. The van der Waals surface area contributed by atoms with Gasteiger partial charge in [0.15, 0.2) is 34.7 Å². The second-order valence-corrected chi connectivity index (χ2v) is 12.8. The second kappa shape index (κ2) is 11.7. The molecule has 0 radical (unpaired) electrons. The number of amides is 3. The fourth-order valence-corrected chi connectivity index (χ4v) is 7.35. The number of urea groups is 1. The Morgan fingerprint density at radius 1 is 1.06 bits per heavy atom. The van der Waals surface area contributed by atoms with Crippen LogP contribution in [0.5, 0.6) is 5.75 Å². The number of fused-ring (bicyclic) bond motifs is 3. The SMILES string of the molecule is CN(C)c1cc(NC(=O)Nc2ccc(Cl)cc2[N+](=O)[O-])c(O)c2c1CC1CC3[C@H](N(C)C)C(=O)C(C(N)=O)C(=O)[C@@]3(O)C(=O)C1C2=O. The van der Waals surface area contributed by atoms with Gasteiger partial charge in [-0.15, -0.1) is 0 Å². The van der Waals surface area contributed by atoms with Gasteiger partial charge in [-0.3, -0.25) is 39.0 Å². The third-order valence-corrected chi connectivity index (χ3v) is 9.41. The maximum absolute atomic E-state index is 14.1. The lowest BCUT2D eigenvalue weighted by molar-refractivity contribution is -0.383. The lowest BCUT2D eigenvalue weighted by Crippen LogP contribution is -2.74. The van der Waals surface area contributed by atoms with Crippen LogP contribution in [0.3, 0.4) is 0 Å². The number of phenols is 1. The molecule has 16 nitrogen and oxygen atoms in total. The summed E-state index contributed by atoms with van der Waals surface area (Å²) >= 11 is 5.84. The van der Waals surface area contributed by atoms with Gasteiger partial charge in [-0.25, -0.2) is 4.79 Å². The number of anilines is 3. The van der Waals surface area contributed by atoms with E-state index < -0.39 is 86.7 Å². The molecule has 0 aliphatic heterocycles. The van der Waals surface area contributed by atoms with Gasteiger partial charge >= 0.3 is 6.03 Å². The number of ketones is 4. The highest BCUT2D eigenvalue weighted by Crippen LogP contribution is 2.52. The second-order valence-electron chi connectivity index (χ2n) is 12.3. The van der Waals surface area contributed by atoms with Gasteiger partial charge < -0.3 is 31.5 Å². The van der Waals surface area contributed by atoms with Crippen molar-refractivity contribution in [3.8, 4) is 5.75 Å². The molecule has 0 bridgehead atoms. The van der Waals surface area contributed by atoms with E-state index in [1.54, 1.807) is 19.0 Å². The number of likely N-dealkylation sites (N-methyl/N-ethyl adjacent to an activating group) is 1. The maximum atomic E-state index is 14.1. The molecule has 3 aliphatic rings. The van der Waals surface area contributed by atoms with Crippen molar-refractivity contribution in [1.82, 2.24) is 4.90 Å². The number of carbonyl (C=O) groups excluding carboxylic acids is 6. The Morgan fingerprint density at radius 3 is 2.28 bits per heavy atom. The molecule has 4 unspecified atom stereocenters. The van der Waals surface area contributed by atoms with Gasteiger partial charge in [-0.2, -0.15) is 0 Å². The standard InChI is InChI=1S/C30H31ClN6O10/c1-35(2)17-10-16(34-29(44)33-15-6-5-12(31)9-18(15)37(46)47)23(38)20-13(17)7-11-8-14-22(36(3)4)25(40)21(28(32)43)27(42)30(14,45)26(41)19(11)24(20)39/h5-6,9-11,14,19,21-22,38,45H,7-8H2,1-4H3,(H2,32,43)(H2,33,34,44)/t11?,14?,19?,21?,22-,30-/m0/s1. The molecule has 47 heavy (non-hydrogen) atoms. The molecule has 6 atom stereocenters. The van der Waals surface area contributed by atoms with Crippen molar-refractivity contribution in [2.24, 2.45) is 29.4 Å². The summed E-state index contributed by atoms with van der Waals surface area (Å²) < 4.78 is 0. The molecule has 0 saturated heterocycles. The van der Waals surface area contributed by atoms with Gasteiger partial charge in [0.25, 0.3) is 5.69 Å². The van der Waals surface area contributed by atoms with E-state index in [1.807, 2.05) is 0 Å². The van der Waals surface area contributed by atoms with E-state index in [2.05, 4.69) is 10.6 Å². The number of hydrogen-bond donors (Lipinski definition) is 5. The zero-order chi connectivity index (χ0) is 34.9. The number of nitro groups is 1. The molecule has 2 aromatic carbocycles. The van der Waals surface area contributed by atoms with E-state index in [1.165, 1.54) is 37.2 Å². The van der Waals surface area contributed by atoms with Crippen LogP contribution in [0.4, 0.5) is 27.5 Å². The number of nitrogens with zero attached hydrogens (tertiary/aromatic N) is 3. The van der Waals surface area contributed by atoms with Crippen LogP contribution in [-0.2, 0) is 25.6 Å². The Labute approximate surface area is 272 Å². The summed E-state index contributed by atoms with van der Waals surface area (Å²) in [5, 5.41) is 39.3. The highest BCUT2D eigenvalue weighted by Gasteiger charge is 2.69. The first-order valence-corrected chi connectivity index (χ1v) is 14.7. The van der Waals surface area contributed by atoms with Crippen LogP contribution in [-0.4, -0.2) is 94.9 Å².